The Morgan fingerprint density at radius 3 is 2.53 bits per heavy atom. The summed E-state index contributed by atoms with van der Waals surface area (Å²) in [6.07, 6.45) is 1.79. The van der Waals surface area contributed by atoms with Crippen LogP contribution in [0.4, 0.5) is 0 Å². The van der Waals surface area contributed by atoms with Gasteiger partial charge in [0.25, 0.3) is 0 Å². The van der Waals surface area contributed by atoms with E-state index < -0.39 is 0 Å². The molecular weight excluding hydrogens is 296 g/mol. The van der Waals surface area contributed by atoms with Gasteiger partial charge in [-0.15, -0.1) is 11.8 Å². The molecule has 0 fully saturated rings. The molecule has 0 spiro atoms. The van der Waals surface area contributed by atoms with Crippen molar-refractivity contribution in [2.45, 2.75) is 10.8 Å². The first-order valence-corrected chi connectivity index (χ1v) is 6.79. The highest BCUT2D eigenvalue weighted by Gasteiger charge is 1.98. The van der Waals surface area contributed by atoms with Crippen LogP contribution in [0.15, 0.2) is 52.1 Å². The number of halogens is 1. The number of nitrogens with zero attached hydrogens (tertiary/aromatic N) is 2. The summed E-state index contributed by atoms with van der Waals surface area (Å²) in [6.45, 7) is 0. The molecular formula is C13H9BrN2S. The van der Waals surface area contributed by atoms with E-state index >= 15 is 0 Å². The van der Waals surface area contributed by atoms with E-state index in [-0.39, 0.29) is 0 Å². The molecule has 0 aliphatic heterocycles. The first-order chi connectivity index (χ1) is 8.28. The summed E-state index contributed by atoms with van der Waals surface area (Å²) in [7, 11) is 0. The molecule has 0 aliphatic rings. The van der Waals surface area contributed by atoms with Crippen molar-refractivity contribution in [2.75, 3.05) is 0 Å². The number of nitriles is 1. The Morgan fingerprint density at radius 2 is 1.94 bits per heavy atom. The molecule has 17 heavy (non-hydrogen) atoms. The first-order valence-electron chi connectivity index (χ1n) is 5.01. The molecule has 2 aromatic rings. The van der Waals surface area contributed by atoms with Gasteiger partial charge in [-0.05, 0) is 45.8 Å². The van der Waals surface area contributed by atoms with Crippen molar-refractivity contribution < 1.29 is 0 Å². The van der Waals surface area contributed by atoms with Crippen LogP contribution in [-0.2, 0) is 5.75 Å². The molecule has 0 amide bonds. The van der Waals surface area contributed by atoms with Crippen molar-refractivity contribution in [3.63, 3.8) is 0 Å². The molecule has 0 N–H and O–H groups in total. The maximum atomic E-state index is 8.69. The third-order valence-corrected chi connectivity index (χ3v) is 3.65. The van der Waals surface area contributed by atoms with E-state index in [1.54, 1.807) is 18.0 Å². The van der Waals surface area contributed by atoms with Crippen LogP contribution in [0.1, 0.15) is 11.1 Å². The number of rotatable bonds is 3. The van der Waals surface area contributed by atoms with Crippen molar-refractivity contribution in [2.24, 2.45) is 0 Å². The minimum absolute atomic E-state index is 0.695. The number of hydrogen-bond acceptors (Lipinski definition) is 3. The van der Waals surface area contributed by atoms with Gasteiger partial charge in [0.1, 0.15) is 0 Å². The van der Waals surface area contributed by atoms with Gasteiger partial charge in [0.15, 0.2) is 0 Å². The second-order valence-corrected chi connectivity index (χ2v) is 5.32. The third kappa shape index (κ3) is 3.58. The van der Waals surface area contributed by atoms with Gasteiger partial charge < -0.3 is 0 Å². The topological polar surface area (TPSA) is 36.7 Å². The zero-order chi connectivity index (χ0) is 12.1. The smallest absolute Gasteiger partial charge is 0.0991 e. The second-order valence-electron chi connectivity index (χ2n) is 3.41. The molecule has 1 aromatic carbocycles. The van der Waals surface area contributed by atoms with Gasteiger partial charge in [0.05, 0.1) is 16.7 Å². The van der Waals surface area contributed by atoms with E-state index in [9.17, 15) is 0 Å². The molecule has 0 saturated carbocycles. The van der Waals surface area contributed by atoms with E-state index in [2.05, 4.69) is 27.0 Å². The fourth-order valence-electron chi connectivity index (χ4n) is 1.28. The van der Waals surface area contributed by atoms with E-state index in [1.807, 2.05) is 36.4 Å². The quantitative estimate of drug-likeness (QED) is 0.804. The number of pyridine rings is 1. The predicted molar refractivity (Wildman–Crippen MR) is 72.7 cm³/mol. The van der Waals surface area contributed by atoms with Crippen LogP contribution < -0.4 is 0 Å². The standard InChI is InChI=1S/C13H9BrN2S/c14-12-5-6-13(16-8-12)17-9-11-3-1-10(7-15)2-4-11/h1-6,8H,9H2. The monoisotopic (exact) mass is 304 g/mol. The van der Waals surface area contributed by atoms with Crippen molar-refractivity contribution in [1.29, 1.82) is 5.26 Å². The molecule has 2 rings (SSSR count). The average Bonchev–Trinajstić information content (AvgIpc) is 2.39. The van der Waals surface area contributed by atoms with Crippen LogP contribution in [0.25, 0.3) is 0 Å². The van der Waals surface area contributed by atoms with E-state index in [1.165, 1.54) is 5.56 Å². The zero-order valence-electron chi connectivity index (χ0n) is 8.93. The highest BCUT2D eigenvalue weighted by atomic mass is 79.9. The van der Waals surface area contributed by atoms with Crippen LogP contribution in [0.2, 0.25) is 0 Å². The molecule has 0 atom stereocenters. The van der Waals surface area contributed by atoms with Gasteiger partial charge in [-0.2, -0.15) is 5.26 Å². The van der Waals surface area contributed by atoms with Gasteiger partial charge in [-0.1, -0.05) is 12.1 Å². The van der Waals surface area contributed by atoms with Gasteiger partial charge in [-0.25, -0.2) is 4.98 Å². The molecule has 0 unspecified atom stereocenters. The zero-order valence-corrected chi connectivity index (χ0v) is 11.3. The average molecular weight is 305 g/mol. The van der Waals surface area contributed by atoms with E-state index in [4.69, 9.17) is 5.26 Å². The Hall–Kier alpha value is -1.31. The Bertz CT molecular complexity index is 529. The fourth-order valence-corrected chi connectivity index (χ4v) is 2.31. The predicted octanol–water partition coefficient (Wildman–Crippen LogP) is 4.01. The van der Waals surface area contributed by atoms with Crippen molar-refractivity contribution >= 4 is 27.7 Å². The Balaban J connectivity index is 1.98. The van der Waals surface area contributed by atoms with Gasteiger partial charge in [-0.3, -0.25) is 0 Å². The largest absolute Gasteiger partial charge is 0.249 e. The summed E-state index contributed by atoms with van der Waals surface area (Å²) >= 11 is 5.04. The minimum atomic E-state index is 0.695. The molecule has 84 valence electrons. The summed E-state index contributed by atoms with van der Waals surface area (Å²) in [5, 5.41) is 9.69. The summed E-state index contributed by atoms with van der Waals surface area (Å²) in [5.74, 6) is 0.861. The Morgan fingerprint density at radius 1 is 1.18 bits per heavy atom. The minimum Gasteiger partial charge on any atom is -0.249 e. The lowest BCUT2D eigenvalue weighted by Crippen LogP contribution is -1.83. The van der Waals surface area contributed by atoms with Crippen molar-refractivity contribution in [1.82, 2.24) is 4.98 Å². The molecule has 0 aliphatic carbocycles. The van der Waals surface area contributed by atoms with Crippen LogP contribution in [0.5, 0.6) is 0 Å². The summed E-state index contributed by atoms with van der Waals surface area (Å²) in [5.41, 5.74) is 1.89. The number of aromatic nitrogens is 1. The normalized spacial score (nSPS) is 9.88. The molecule has 4 heteroatoms. The highest BCUT2D eigenvalue weighted by molar-refractivity contribution is 9.10. The number of hydrogen-bond donors (Lipinski definition) is 0. The summed E-state index contributed by atoms with van der Waals surface area (Å²) < 4.78 is 0.986. The maximum absolute atomic E-state index is 8.69. The molecule has 1 aromatic heterocycles. The van der Waals surface area contributed by atoms with E-state index in [0.29, 0.717) is 5.56 Å². The third-order valence-electron chi connectivity index (χ3n) is 2.17. The SMILES string of the molecule is N#Cc1ccc(CSc2ccc(Br)cn2)cc1. The summed E-state index contributed by atoms with van der Waals surface area (Å²) in [4.78, 5) is 4.29. The molecule has 0 bridgehead atoms. The molecule has 2 nitrogen and oxygen atoms in total. The van der Waals surface area contributed by atoms with Crippen LogP contribution >= 0.6 is 27.7 Å². The van der Waals surface area contributed by atoms with Gasteiger partial charge >= 0.3 is 0 Å². The first kappa shape index (κ1) is 12.2. The molecule has 0 saturated heterocycles. The maximum Gasteiger partial charge on any atom is 0.0991 e. The Kier molecular flexibility index (Phi) is 4.18. The lowest BCUT2D eigenvalue weighted by molar-refractivity contribution is 1.12. The molecule has 1 heterocycles. The molecule has 0 radical (unpaired) electrons. The van der Waals surface area contributed by atoms with Gasteiger partial charge in [0.2, 0.25) is 0 Å². The second kappa shape index (κ2) is 5.85. The summed E-state index contributed by atoms with van der Waals surface area (Å²) in [6, 6.07) is 13.7. The lowest BCUT2D eigenvalue weighted by atomic mass is 10.2. The number of benzene rings is 1. The van der Waals surface area contributed by atoms with Gasteiger partial charge in [0, 0.05) is 16.4 Å². The van der Waals surface area contributed by atoms with Crippen LogP contribution in [0, 0.1) is 11.3 Å². The van der Waals surface area contributed by atoms with Crippen LogP contribution in [-0.4, -0.2) is 4.98 Å². The van der Waals surface area contributed by atoms with Crippen molar-refractivity contribution in [3.8, 4) is 6.07 Å². The lowest BCUT2D eigenvalue weighted by Gasteiger charge is -2.01. The Labute approximate surface area is 113 Å². The number of thioether (sulfide) groups is 1. The van der Waals surface area contributed by atoms with Crippen molar-refractivity contribution in [3.05, 3.63) is 58.2 Å². The van der Waals surface area contributed by atoms with E-state index in [0.717, 1.165) is 15.3 Å². The fraction of sp³-hybridized carbons (Fsp3) is 0.0769. The highest BCUT2D eigenvalue weighted by Crippen LogP contribution is 2.22. The van der Waals surface area contributed by atoms with Crippen LogP contribution in [0.3, 0.4) is 0 Å².